The van der Waals surface area contributed by atoms with Crippen molar-refractivity contribution in [2.45, 2.75) is 12.8 Å². The average molecular weight is 263 g/mol. The molecule has 0 bridgehead atoms. The summed E-state index contributed by atoms with van der Waals surface area (Å²) in [5.74, 6) is 0.0276. The molecular weight excluding hydrogens is 252 g/mol. The van der Waals surface area contributed by atoms with Gasteiger partial charge in [-0.25, -0.2) is 0 Å². The van der Waals surface area contributed by atoms with Crippen LogP contribution < -0.4 is 11.1 Å². The van der Waals surface area contributed by atoms with Gasteiger partial charge in [0.15, 0.2) is 0 Å². The first-order valence-corrected chi connectivity index (χ1v) is 5.63. The minimum Gasteiger partial charge on any atom is -0.330 e. The fourth-order valence-corrected chi connectivity index (χ4v) is 2.18. The van der Waals surface area contributed by atoms with E-state index in [9.17, 15) is 4.79 Å². The quantitative estimate of drug-likeness (QED) is 0.874. The first-order chi connectivity index (χ1) is 6.22. The molecule has 0 fully saturated rings. The topological polar surface area (TPSA) is 55.1 Å². The van der Waals surface area contributed by atoms with Gasteiger partial charge in [-0.15, -0.1) is 11.3 Å². The maximum absolute atomic E-state index is 11.2. The number of hydrogen-bond donors (Lipinski definition) is 2. The summed E-state index contributed by atoms with van der Waals surface area (Å²) >= 11 is 4.82. The summed E-state index contributed by atoms with van der Waals surface area (Å²) < 4.78 is 0.992. The van der Waals surface area contributed by atoms with Crippen molar-refractivity contribution in [3.05, 3.63) is 15.9 Å². The number of rotatable bonds is 4. The molecule has 13 heavy (non-hydrogen) atoms. The molecule has 1 amide bonds. The molecule has 1 heterocycles. The van der Waals surface area contributed by atoms with Crippen LogP contribution in [0.1, 0.15) is 12.8 Å². The first kappa shape index (κ1) is 10.7. The smallest absolute Gasteiger partial charge is 0.225 e. The Morgan fingerprint density at radius 1 is 1.69 bits per heavy atom. The third-order valence-electron chi connectivity index (χ3n) is 1.44. The van der Waals surface area contributed by atoms with Crippen LogP contribution in [0.2, 0.25) is 0 Å². The minimum absolute atomic E-state index is 0.0276. The lowest BCUT2D eigenvalue weighted by molar-refractivity contribution is -0.116. The van der Waals surface area contributed by atoms with Gasteiger partial charge in [-0.3, -0.25) is 4.79 Å². The van der Waals surface area contributed by atoms with Crippen molar-refractivity contribution in [3.63, 3.8) is 0 Å². The van der Waals surface area contributed by atoms with Crippen LogP contribution in [0.3, 0.4) is 0 Å². The number of hydrogen-bond acceptors (Lipinski definition) is 3. The molecule has 3 N–H and O–H groups in total. The van der Waals surface area contributed by atoms with Crippen LogP contribution in [-0.2, 0) is 4.79 Å². The van der Waals surface area contributed by atoms with E-state index in [2.05, 4.69) is 21.2 Å². The predicted molar refractivity (Wildman–Crippen MR) is 58.9 cm³/mol. The zero-order valence-electron chi connectivity index (χ0n) is 7.05. The number of anilines is 1. The van der Waals surface area contributed by atoms with E-state index in [0.717, 1.165) is 15.9 Å². The van der Waals surface area contributed by atoms with Gasteiger partial charge in [-0.05, 0) is 35.0 Å². The largest absolute Gasteiger partial charge is 0.330 e. The minimum atomic E-state index is 0.0276. The van der Waals surface area contributed by atoms with E-state index < -0.39 is 0 Å². The second-order valence-corrected chi connectivity index (χ2v) is 4.40. The highest BCUT2D eigenvalue weighted by Crippen LogP contribution is 2.24. The Labute approximate surface area is 89.5 Å². The molecule has 0 aliphatic carbocycles. The van der Waals surface area contributed by atoms with Crippen molar-refractivity contribution in [2.75, 3.05) is 11.9 Å². The summed E-state index contributed by atoms with van der Waals surface area (Å²) in [6.45, 7) is 0.557. The Bertz CT molecular complexity index is 287. The lowest BCUT2D eigenvalue weighted by Crippen LogP contribution is -2.12. The van der Waals surface area contributed by atoms with E-state index in [1.54, 1.807) is 0 Å². The van der Waals surface area contributed by atoms with Crippen molar-refractivity contribution >= 4 is 38.2 Å². The van der Waals surface area contributed by atoms with E-state index >= 15 is 0 Å². The monoisotopic (exact) mass is 262 g/mol. The number of carbonyl (C=O) groups is 1. The summed E-state index contributed by atoms with van der Waals surface area (Å²) in [6.07, 6.45) is 1.23. The Balaban J connectivity index is 2.36. The number of nitrogens with two attached hydrogens (primary N) is 1. The van der Waals surface area contributed by atoms with Crippen LogP contribution in [-0.4, -0.2) is 12.5 Å². The molecule has 0 unspecified atom stereocenters. The number of thiophene rings is 1. The van der Waals surface area contributed by atoms with Gasteiger partial charge in [0.2, 0.25) is 5.91 Å². The van der Waals surface area contributed by atoms with Crippen molar-refractivity contribution in [1.29, 1.82) is 0 Å². The molecule has 0 spiro atoms. The summed E-state index contributed by atoms with van der Waals surface area (Å²) in [5, 5.41) is 5.59. The molecule has 0 aliphatic heterocycles. The summed E-state index contributed by atoms with van der Waals surface area (Å²) in [7, 11) is 0. The van der Waals surface area contributed by atoms with Crippen LogP contribution >= 0.6 is 27.3 Å². The van der Waals surface area contributed by atoms with Gasteiger partial charge in [0, 0.05) is 16.3 Å². The van der Waals surface area contributed by atoms with E-state index in [1.807, 2.05) is 11.4 Å². The Morgan fingerprint density at radius 2 is 2.46 bits per heavy atom. The van der Waals surface area contributed by atoms with E-state index in [1.165, 1.54) is 11.3 Å². The molecule has 0 aromatic carbocycles. The second-order valence-electron chi connectivity index (χ2n) is 2.57. The first-order valence-electron chi connectivity index (χ1n) is 3.96. The van der Waals surface area contributed by atoms with Crippen molar-refractivity contribution in [3.8, 4) is 0 Å². The highest BCUT2D eigenvalue weighted by atomic mass is 79.9. The van der Waals surface area contributed by atoms with Crippen LogP contribution in [0.25, 0.3) is 0 Å². The number of halogens is 1. The normalized spacial score (nSPS) is 10.0. The van der Waals surface area contributed by atoms with Gasteiger partial charge in [0.05, 0.1) is 5.00 Å². The Kier molecular flexibility index (Phi) is 4.41. The number of amides is 1. The lowest BCUT2D eigenvalue weighted by Gasteiger charge is -1.99. The van der Waals surface area contributed by atoms with E-state index in [4.69, 9.17) is 5.73 Å². The van der Waals surface area contributed by atoms with Gasteiger partial charge < -0.3 is 11.1 Å². The van der Waals surface area contributed by atoms with E-state index in [-0.39, 0.29) is 5.91 Å². The molecular formula is C8H11BrN2OS. The maximum atomic E-state index is 11.2. The van der Waals surface area contributed by atoms with Gasteiger partial charge in [-0.2, -0.15) is 0 Å². The average Bonchev–Trinajstić information content (AvgIpc) is 2.48. The molecule has 3 nitrogen and oxygen atoms in total. The molecule has 0 aliphatic rings. The van der Waals surface area contributed by atoms with Gasteiger partial charge in [-0.1, -0.05) is 0 Å². The summed E-state index contributed by atoms with van der Waals surface area (Å²) in [4.78, 5) is 11.2. The standard InChI is InChI=1S/C8H11BrN2OS/c9-6-4-8(13-5-6)11-7(12)2-1-3-10/h4-5H,1-3,10H2,(H,11,12). The van der Waals surface area contributed by atoms with Crippen LogP contribution in [0.15, 0.2) is 15.9 Å². The maximum Gasteiger partial charge on any atom is 0.225 e. The van der Waals surface area contributed by atoms with Crippen LogP contribution in [0.4, 0.5) is 5.00 Å². The van der Waals surface area contributed by atoms with Crippen molar-refractivity contribution in [2.24, 2.45) is 5.73 Å². The zero-order valence-corrected chi connectivity index (χ0v) is 9.45. The molecule has 0 saturated carbocycles. The molecule has 5 heteroatoms. The molecule has 1 rings (SSSR count). The molecule has 0 radical (unpaired) electrons. The number of carbonyl (C=O) groups excluding carboxylic acids is 1. The van der Waals surface area contributed by atoms with Crippen LogP contribution in [0, 0.1) is 0 Å². The Hall–Kier alpha value is -0.390. The molecule has 1 aromatic rings. The zero-order chi connectivity index (χ0) is 9.68. The van der Waals surface area contributed by atoms with Crippen LogP contribution in [0.5, 0.6) is 0 Å². The molecule has 72 valence electrons. The van der Waals surface area contributed by atoms with Crippen molar-refractivity contribution < 1.29 is 4.79 Å². The molecule has 1 aromatic heterocycles. The highest BCUT2D eigenvalue weighted by Gasteiger charge is 2.02. The SMILES string of the molecule is NCCCC(=O)Nc1cc(Br)cs1. The molecule has 0 atom stereocenters. The van der Waals surface area contributed by atoms with Gasteiger partial charge in [0.1, 0.15) is 0 Å². The fourth-order valence-electron chi connectivity index (χ4n) is 0.841. The van der Waals surface area contributed by atoms with Gasteiger partial charge in [0.25, 0.3) is 0 Å². The highest BCUT2D eigenvalue weighted by molar-refractivity contribution is 9.10. The fraction of sp³-hybridized carbons (Fsp3) is 0.375. The van der Waals surface area contributed by atoms with E-state index in [0.29, 0.717) is 13.0 Å². The van der Waals surface area contributed by atoms with Gasteiger partial charge >= 0.3 is 0 Å². The lowest BCUT2D eigenvalue weighted by atomic mass is 10.3. The predicted octanol–water partition coefficient (Wildman–Crippen LogP) is 2.19. The third-order valence-corrected chi connectivity index (χ3v) is 3.04. The third kappa shape index (κ3) is 3.89. The summed E-state index contributed by atoms with van der Waals surface area (Å²) in [6, 6.07) is 1.88. The second kappa shape index (κ2) is 5.36. The molecule has 0 saturated heterocycles. The summed E-state index contributed by atoms with van der Waals surface area (Å²) in [5.41, 5.74) is 5.29. The van der Waals surface area contributed by atoms with Crippen molar-refractivity contribution in [1.82, 2.24) is 0 Å². The number of nitrogens with one attached hydrogen (secondary N) is 1. The Morgan fingerprint density at radius 3 is 3.00 bits per heavy atom.